The number of carbonyl (C=O) groups is 2. The molecule has 0 saturated carbocycles. The molecule has 9 nitrogen and oxygen atoms in total. The van der Waals surface area contributed by atoms with E-state index in [2.05, 4.69) is 10.6 Å². The van der Waals surface area contributed by atoms with Crippen molar-refractivity contribution in [2.24, 2.45) is 0 Å². The number of hydrogen-bond acceptors (Lipinski definition) is 7. The van der Waals surface area contributed by atoms with Crippen LogP contribution < -0.4 is 24.8 Å². The van der Waals surface area contributed by atoms with Crippen LogP contribution in [0, 0.1) is 6.92 Å². The van der Waals surface area contributed by atoms with Gasteiger partial charge < -0.3 is 24.8 Å². The van der Waals surface area contributed by atoms with Crippen molar-refractivity contribution < 1.29 is 32.2 Å². The Bertz CT molecular complexity index is 1160. The maximum Gasteiger partial charge on any atom is 0.262 e. The summed E-state index contributed by atoms with van der Waals surface area (Å²) in [6.07, 6.45) is -0.193. The van der Waals surface area contributed by atoms with Crippen molar-refractivity contribution in [3.05, 3.63) is 41.5 Å². The van der Waals surface area contributed by atoms with E-state index in [4.69, 9.17) is 14.2 Å². The van der Waals surface area contributed by atoms with Crippen molar-refractivity contribution in [1.82, 2.24) is 5.32 Å². The van der Waals surface area contributed by atoms with Crippen LogP contribution in [-0.4, -0.2) is 38.9 Å². The molecule has 0 spiro atoms. The van der Waals surface area contributed by atoms with Gasteiger partial charge in [-0.1, -0.05) is 6.07 Å². The molecular formula is C21H22N2O7S. The highest BCUT2D eigenvalue weighted by molar-refractivity contribution is 7.92. The zero-order valence-corrected chi connectivity index (χ0v) is 17.9. The molecule has 0 fully saturated rings. The second kappa shape index (κ2) is 8.10. The summed E-state index contributed by atoms with van der Waals surface area (Å²) in [6.45, 7) is 3.37. The zero-order valence-electron chi connectivity index (χ0n) is 17.1. The topological polar surface area (TPSA) is 120 Å². The molecule has 164 valence electrons. The number of ether oxygens (including phenoxy) is 3. The van der Waals surface area contributed by atoms with Gasteiger partial charge >= 0.3 is 0 Å². The second-order valence-electron chi connectivity index (χ2n) is 7.47. The lowest BCUT2D eigenvalue weighted by molar-refractivity contribution is -0.121. The van der Waals surface area contributed by atoms with Crippen LogP contribution in [0.1, 0.15) is 24.5 Å². The molecule has 2 N–H and O–H groups in total. The van der Waals surface area contributed by atoms with E-state index in [1.807, 2.05) is 6.07 Å². The summed E-state index contributed by atoms with van der Waals surface area (Å²) < 4.78 is 42.1. The summed E-state index contributed by atoms with van der Waals surface area (Å²) in [4.78, 5) is 23.9. The predicted molar refractivity (Wildman–Crippen MR) is 111 cm³/mol. The highest BCUT2D eigenvalue weighted by Gasteiger charge is 2.29. The van der Waals surface area contributed by atoms with Gasteiger partial charge in [-0.05, 0) is 43.2 Å². The Labute approximate surface area is 179 Å². The standard InChI is InChI=1S/C21H22N2O7S/c1-12-5-15-17(28-10-21(25)23-15)8-19(12)31(26,27)13(2)6-20(24)22-9-14-3-4-16-18(7-14)30-11-29-16/h3-5,7-8,13H,6,9-11H2,1-2H3,(H,22,24)(H,23,25)/t13-/m1/s1. The Balaban J connectivity index is 1.42. The third kappa shape index (κ3) is 4.29. The summed E-state index contributed by atoms with van der Waals surface area (Å²) in [5, 5.41) is 4.45. The number of nitrogens with one attached hydrogen (secondary N) is 2. The first-order chi connectivity index (χ1) is 14.7. The molecule has 2 aliphatic rings. The van der Waals surface area contributed by atoms with Crippen molar-refractivity contribution in [3.8, 4) is 17.2 Å². The number of rotatable bonds is 6. The average Bonchev–Trinajstić information content (AvgIpc) is 3.19. The van der Waals surface area contributed by atoms with Gasteiger partial charge in [0.25, 0.3) is 5.91 Å². The monoisotopic (exact) mass is 446 g/mol. The predicted octanol–water partition coefficient (Wildman–Crippen LogP) is 1.92. The van der Waals surface area contributed by atoms with Gasteiger partial charge in [-0.3, -0.25) is 9.59 Å². The van der Waals surface area contributed by atoms with Gasteiger partial charge in [0, 0.05) is 19.0 Å². The van der Waals surface area contributed by atoms with Gasteiger partial charge in [0.05, 0.1) is 15.8 Å². The average molecular weight is 446 g/mol. The molecule has 10 heteroatoms. The SMILES string of the molecule is Cc1cc2c(cc1S(=O)(=O)[C@H](C)CC(=O)NCc1ccc3c(c1)OCO3)OCC(=O)N2. The summed E-state index contributed by atoms with van der Waals surface area (Å²) in [6, 6.07) is 8.31. The van der Waals surface area contributed by atoms with Crippen LogP contribution in [0.2, 0.25) is 0 Å². The molecule has 0 aromatic heterocycles. The van der Waals surface area contributed by atoms with Crippen molar-refractivity contribution in [2.45, 2.75) is 37.0 Å². The first-order valence-electron chi connectivity index (χ1n) is 9.70. The molecule has 2 aromatic carbocycles. The summed E-state index contributed by atoms with van der Waals surface area (Å²) in [5.74, 6) is 0.883. The highest BCUT2D eigenvalue weighted by Crippen LogP contribution is 2.35. The minimum Gasteiger partial charge on any atom is -0.482 e. The summed E-state index contributed by atoms with van der Waals surface area (Å²) >= 11 is 0. The molecule has 1 atom stereocenters. The fraction of sp³-hybridized carbons (Fsp3) is 0.333. The molecule has 0 radical (unpaired) electrons. The lowest BCUT2D eigenvalue weighted by Crippen LogP contribution is -2.30. The van der Waals surface area contributed by atoms with E-state index in [0.717, 1.165) is 5.56 Å². The fourth-order valence-corrected chi connectivity index (χ4v) is 5.02. The van der Waals surface area contributed by atoms with Crippen LogP contribution in [0.15, 0.2) is 35.2 Å². The molecule has 4 rings (SSSR count). The number of aryl methyl sites for hydroxylation is 1. The molecule has 0 unspecified atom stereocenters. The normalized spacial score (nSPS) is 15.5. The molecule has 0 bridgehead atoms. The number of carbonyl (C=O) groups excluding carboxylic acids is 2. The Kier molecular flexibility index (Phi) is 5.48. The maximum atomic E-state index is 13.1. The van der Waals surface area contributed by atoms with Crippen LogP contribution in [0.5, 0.6) is 17.2 Å². The van der Waals surface area contributed by atoms with Gasteiger partial charge in [0.15, 0.2) is 27.9 Å². The molecule has 2 heterocycles. The van der Waals surface area contributed by atoms with Crippen molar-refractivity contribution in [2.75, 3.05) is 18.7 Å². The molecule has 31 heavy (non-hydrogen) atoms. The van der Waals surface area contributed by atoms with E-state index in [1.54, 1.807) is 25.1 Å². The molecule has 2 amide bonds. The zero-order chi connectivity index (χ0) is 22.2. The number of amides is 2. The van der Waals surface area contributed by atoms with E-state index in [-0.39, 0.29) is 43.1 Å². The van der Waals surface area contributed by atoms with Crippen molar-refractivity contribution in [1.29, 1.82) is 0 Å². The molecule has 2 aliphatic heterocycles. The molecule has 0 aliphatic carbocycles. The van der Waals surface area contributed by atoms with Crippen molar-refractivity contribution in [3.63, 3.8) is 0 Å². The van der Waals surface area contributed by atoms with E-state index >= 15 is 0 Å². The number of hydrogen-bond donors (Lipinski definition) is 2. The third-order valence-electron chi connectivity index (χ3n) is 5.15. The smallest absolute Gasteiger partial charge is 0.262 e. The van der Waals surface area contributed by atoms with Gasteiger partial charge in [-0.15, -0.1) is 0 Å². The third-order valence-corrected chi connectivity index (χ3v) is 7.42. The maximum absolute atomic E-state index is 13.1. The molecular weight excluding hydrogens is 424 g/mol. The highest BCUT2D eigenvalue weighted by atomic mass is 32.2. The van der Waals surface area contributed by atoms with Crippen LogP contribution >= 0.6 is 0 Å². The Morgan fingerprint density at radius 2 is 1.90 bits per heavy atom. The van der Waals surface area contributed by atoms with Gasteiger partial charge in [0.1, 0.15) is 5.75 Å². The summed E-state index contributed by atoms with van der Waals surface area (Å²) in [7, 11) is -3.79. The largest absolute Gasteiger partial charge is 0.482 e. The van der Waals surface area contributed by atoms with Gasteiger partial charge in [0.2, 0.25) is 12.7 Å². The Morgan fingerprint density at radius 3 is 2.71 bits per heavy atom. The number of sulfone groups is 1. The van der Waals surface area contributed by atoms with E-state index in [9.17, 15) is 18.0 Å². The van der Waals surface area contributed by atoms with E-state index in [0.29, 0.717) is 28.5 Å². The summed E-state index contributed by atoms with van der Waals surface area (Å²) in [5.41, 5.74) is 1.72. The quantitative estimate of drug-likeness (QED) is 0.696. The lowest BCUT2D eigenvalue weighted by Gasteiger charge is -2.21. The number of fused-ring (bicyclic) bond motifs is 2. The van der Waals surface area contributed by atoms with Crippen molar-refractivity contribution >= 4 is 27.3 Å². The first-order valence-corrected chi connectivity index (χ1v) is 11.2. The van der Waals surface area contributed by atoms with Crippen LogP contribution in [0.4, 0.5) is 5.69 Å². The molecule has 0 saturated heterocycles. The van der Waals surface area contributed by atoms with Crippen LogP contribution in [0.25, 0.3) is 0 Å². The fourth-order valence-electron chi connectivity index (χ4n) is 3.43. The van der Waals surface area contributed by atoms with Gasteiger partial charge in [-0.2, -0.15) is 0 Å². The van der Waals surface area contributed by atoms with E-state index < -0.39 is 15.1 Å². The minimum atomic E-state index is -3.79. The lowest BCUT2D eigenvalue weighted by atomic mass is 10.2. The first kappa shape index (κ1) is 21.0. The van der Waals surface area contributed by atoms with Gasteiger partial charge in [-0.25, -0.2) is 8.42 Å². The Morgan fingerprint density at radius 1 is 1.13 bits per heavy atom. The molecule has 2 aromatic rings. The van der Waals surface area contributed by atoms with Crippen LogP contribution in [-0.2, 0) is 26.0 Å². The van der Waals surface area contributed by atoms with E-state index in [1.165, 1.54) is 13.0 Å². The number of anilines is 1. The number of benzene rings is 2. The minimum absolute atomic E-state index is 0.0819. The van der Waals surface area contributed by atoms with Crippen LogP contribution in [0.3, 0.4) is 0 Å². The second-order valence-corrected chi connectivity index (χ2v) is 9.81. The Hall–Kier alpha value is -3.27.